The van der Waals surface area contributed by atoms with Crippen LogP contribution in [0.5, 0.6) is 0 Å². The third kappa shape index (κ3) is 3.36. The summed E-state index contributed by atoms with van der Waals surface area (Å²) in [5.41, 5.74) is 6.52. The van der Waals surface area contributed by atoms with Crippen LogP contribution >= 0.6 is 0 Å². The SMILES string of the molecule is Cc1ccc2cccnc2c1-n1c(-c2ccccc2)c(-c2ccccc2)c2ccc3ccccc3c2c1=O. The monoisotopic (exact) mass is 488 g/mol. The Morgan fingerprint density at radius 2 is 1.26 bits per heavy atom. The lowest BCUT2D eigenvalue weighted by molar-refractivity contribution is 1.01. The second-order valence-corrected chi connectivity index (χ2v) is 9.61. The number of pyridine rings is 2. The van der Waals surface area contributed by atoms with Crippen molar-refractivity contribution in [2.24, 2.45) is 0 Å². The second kappa shape index (κ2) is 8.82. The van der Waals surface area contributed by atoms with Crippen molar-refractivity contribution < 1.29 is 0 Å². The summed E-state index contributed by atoms with van der Waals surface area (Å²) in [6.07, 6.45) is 1.80. The molecule has 5 aromatic carbocycles. The summed E-state index contributed by atoms with van der Waals surface area (Å²) < 4.78 is 1.91. The maximum Gasteiger partial charge on any atom is 0.264 e. The molecule has 3 heteroatoms. The molecule has 0 aliphatic carbocycles. The Hall–Kier alpha value is -5.02. The lowest BCUT2D eigenvalue weighted by Gasteiger charge is -2.23. The number of hydrogen-bond donors (Lipinski definition) is 0. The van der Waals surface area contributed by atoms with Gasteiger partial charge >= 0.3 is 0 Å². The van der Waals surface area contributed by atoms with Crippen molar-refractivity contribution in [2.75, 3.05) is 0 Å². The van der Waals surface area contributed by atoms with Gasteiger partial charge in [0.05, 0.1) is 22.3 Å². The fraction of sp³-hybridized carbons (Fsp3) is 0.0286. The molecular formula is C35H24N2O. The van der Waals surface area contributed by atoms with Gasteiger partial charge in [-0.25, -0.2) is 0 Å². The van der Waals surface area contributed by atoms with E-state index in [4.69, 9.17) is 4.98 Å². The van der Waals surface area contributed by atoms with E-state index in [0.717, 1.165) is 60.7 Å². The summed E-state index contributed by atoms with van der Waals surface area (Å²) >= 11 is 0. The van der Waals surface area contributed by atoms with Crippen LogP contribution in [0.1, 0.15) is 5.56 Å². The Morgan fingerprint density at radius 1 is 0.605 bits per heavy atom. The van der Waals surface area contributed by atoms with Gasteiger partial charge in [0.2, 0.25) is 0 Å². The Bertz CT molecular complexity index is 2040. The minimum absolute atomic E-state index is 0.0448. The van der Waals surface area contributed by atoms with E-state index in [2.05, 4.69) is 79.7 Å². The van der Waals surface area contributed by atoms with E-state index >= 15 is 0 Å². The predicted octanol–water partition coefficient (Wildman–Crippen LogP) is 8.33. The molecule has 2 heterocycles. The fourth-order valence-corrected chi connectivity index (χ4v) is 5.66. The molecule has 0 aliphatic rings. The zero-order valence-electron chi connectivity index (χ0n) is 20.9. The summed E-state index contributed by atoms with van der Waals surface area (Å²) in [6, 6.07) is 41.1. The molecule has 0 amide bonds. The van der Waals surface area contributed by atoms with E-state index in [0.29, 0.717) is 5.39 Å². The fourth-order valence-electron chi connectivity index (χ4n) is 5.66. The Kier molecular flexibility index (Phi) is 5.15. The van der Waals surface area contributed by atoms with Crippen molar-refractivity contribution in [3.8, 4) is 28.1 Å². The third-order valence-corrected chi connectivity index (χ3v) is 7.36. The van der Waals surface area contributed by atoms with Gasteiger partial charge in [-0.15, -0.1) is 0 Å². The van der Waals surface area contributed by atoms with Crippen molar-refractivity contribution >= 4 is 32.4 Å². The highest BCUT2D eigenvalue weighted by Gasteiger charge is 2.24. The van der Waals surface area contributed by atoms with Gasteiger partial charge in [0.1, 0.15) is 0 Å². The molecule has 0 radical (unpaired) electrons. The molecular weight excluding hydrogens is 464 g/mol. The third-order valence-electron chi connectivity index (χ3n) is 7.36. The van der Waals surface area contributed by atoms with Gasteiger partial charge in [-0.3, -0.25) is 14.3 Å². The van der Waals surface area contributed by atoms with Crippen molar-refractivity contribution in [1.29, 1.82) is 0 Å². The van der Waals surface area contributed by atoms with Crippen LogP contribution in [-0.4, -0.2) is 9.55 Å². The molecule has 0 saturated carbocycles. The maximum absolute atomic E-state index is 14.9. The molecule has 0 atom stereocenters. The molecule has 0 bridgehead atoms. The molecule has 0 unspecified atom stereocenters. The molecule has 7 aromatic rings. The van der Waals surface area contributed by atoms with Gasteiger partial charge in [-0.2, -0.15) is 0 Å². The highest BCUT2D eigenvalue weighted by atomic mass is 16.1. The number of aromatic nitrogens is 2. The number of benzene rings is 5. The van der Waals surface area contributed by atoms with Crippen LogP contribution in [0.3, 0.4) is 0 Å². The first-order valence-electron chi connectivity index (χ1n) is 12.8. The van der Waals surface area contributed by atoms with E-state index < -0.39 is 0 Å². The molecule has 2 aromatic heterocycles. The molecule has 0 saturated heterocycles. The predicted molar refractivity (Wildman–Crippen MR) is 158 cm³/mol. The highest BCUT2D eigenvalue weighted by Crippen LogP contribution is 2.41. The number of hydrogen-bond acceptors (Lipinski definition) is 2. The molecule has 0 fully saturated rings. The van der Waals surface area contributed by atoms with Crippen molar-refractivity contribution in [2.45, 2.75) is 6.92 Å². The minimum Gasteiger partial charge on any atom is -0.273 e. The summed E-state index contributed by atoms with van der Waals surface area (Å²) in [5, 5.41) is 4.65. The van der Waals surface area contributed by atoms with Crippen LogP contribution in [0.25, 0.3) is 60.5 Å². The van der Waals surface area contributed by atoms with Gasteiger partial charge in [-0.1, -0.05) is 115 Å². The minimum atomic E-state index is -0.0448. The maximum atomic E-state index is 14.9. The number of aryl methyl sites for hydroxylation is 1. The summed E-state index contributed by atoms with van der Waals surface area (Å²) in [5.74, 6) is 0. The van der Waals surface area contributed by atoms with E-state index in [1.165, 1.54) is 0 Å². The van der Waals surface area contributed by atoms with E-state index in [1.807, 2.05) is 53.1 Å². The number of nitrogens with zero attached hydrogens (tertiary/aromatic N) is 2. The van der Waals surface area contributed by atoms with Crippen LogP contribution in [-0.2, 0) is 0 Å². The summed E-state index contributed by atoms with van der Waals surface area (Å²) in [7, 11) is 0. The van der Waals surface area contributed by atoms with E-state index in [9.17, 15) is 4.79 Å². The zero-order chi connectivity index (χ0) is 25.6. The van der Waals surface area contributed by atoms with Crippen LogP contribution in [0.2, 0.25) is 0 Å². The van der Waals surface area contributed by atoms with Gasteiger partial charge in [-0.05, 0) is 45.8 Å². The molecule has 180 valence electrons. The Labute approximate surface area is 220 Å². The lowest BCUT2D eigenvalue weighted by Crippen LogP contribution is -2.23. The van der Waals surface area contributed by atoms with Crippen LogP contribution in [0.15, 0.2) is 132 Å². The topological polar surface area (TPSA) is 34.9 Å². The molecule has 0 aliphatic heterocycles. The van der Waals surface area contributed by atoms with E-state index in [-0.39, 0.29) is 5.56 Å². The van der Waals surface area contributed by atoms with Gasteiger partial charge in [0.25, 0.3) is 5.56 Å². The zero-order valence-corrected chi connectivity index (χ0v) is 20.9. The van der Waals surface area contributed by atoms with Crippen LogP contribution in [0, 0.1) is 6.92 Å². The molecule has 0 N–H and O–H groups in total. The van der Waals surface area contributed by atoms with Crippen LogP contribution < -0.4 is 5.56 Å². The smallest absolute Gasteiger partial charge is 0.264 e. The molecule has 0 spiro atoms. The van der Waals surface area contributed by atoms with Gasteiger partial charge in [0, 0.05) is 17.1 Å². The second-order valence-electron chi connectivity index (χ2n) is 9.61. The first kappa shape index (κ1) is 22.2. The van der Waals surface area contributed by atoms with Crippen molar-refractivity contribution in [3.63, 3.8) is 0 Å². The Balaban J connectivity index is 1.81. The van der Waals surface area contributed by atoms with Gasteiger partial charge < -0.3 is 0 Å². The molecule has 7 rings (SSSR count). The Morgan fingerprint density at radius 3 is 2.05 bits per heavy atom. The summed E-state index contributed by atoms with van der Waals surface area (Å²) in [6.45, 7) is 2.06. The highest BCUT2D eigenvalue weighted by molar-refractivity contribution is 6.14. The first-order chi connectivity index (χ1) is 18.7. The average Bonchev–Trinajstić information content (AvgIpc) is 2.98. The first-order valence-corrected chi connectivity index (χ1v) is 12.8. The van der Waals surface area contributed by atoms with E-state index in [1.54, 1.807) is 6.20 Å². The quantitative estimate of drug-likeness (QED) is 0.234. The lowest BCUT2D eigenvalue weighted by atomic mass is 9.91. The molecule has 38 heavy (non-hydrogen) atoms. The normalized spacial score (nSPS) is 11.4. The van der Waals surface area contributed by atoms with Crippen LogP contribution in [0.4, 0.5) is 0 Å². The van der Waals surface area contributed by atoms with Gasteiger partial charge in [0.15, 0.2) is 0 Å². The van der Waals surface area contributed by atoms with Crippen molar-refractivity contribution in [1.82, 2.24) is 9.55 Å². The number of rotatable bonds is 3. The standard InChI is InChI=1S/C35H24N2O/c1-23-18-19-26-16-10-22-36-32(26)33(23)37-34(27-14-6-3-7-15-27)30(25-12-4-2-5-13-25)29-21-20-24-11-8-9-17-28(24)31(29)35(37)38/h2-22H,1H3. The molecule has 3 nitrogen and oxygen atoms in total. The van der Waals surface area contributed by atoms with Crippen molar-refractivity contribution in [3.05, 3.63) is 143 Å². The summed E-state index contributed by atoms with van der Waals surface area (Å²) in [4.78, 5) is 19.6. The number of fused-ring (bicyclic) bond motifs is 4. The largest absolute Gasteiger partial charge is 0.273 e. The average molecular weight is 489 g/mol.